The van der Waals surface area contributed by atoms with Crippen molar-refractivity contribution in [3.8, 4) is 0 Å². The van der Waals surface area contributed by atoms with Gasteiger partial charge in [-0.25, -0.2) is 4.98 Å². The van der Waals surface area contributed by atoms with Gasteiger partial charge in [-0.05, 0) is 56.0 Å². The Balaban J connectivity index is 0.00000240. The molecule has 2 aliphatic rings. The van der Waals surface area contributed by atoms with Crippen LogP contribution in [0.5, 0.6) is 0 Å². The van der Waals surface area contributed by atoms with Gasteiger partial charge in [-0.15, -0.1) is 12.4 Å². The van der Waals surface area contributed by atoms with E-state index in [0.29, 0.717) is 17.6 Å². The molecule has 1 amide bonds. The summed E-state index contributed by atoms with van der Waals surface area (Å²) in [6, 6.07) is 9.07. The van der Waals surface area contributed by atoms with Crippen LogP contribution in [0, 0.1) is 0 Å². The van der Waals surface area contributed by atoms with Crippen molar-refractivity contribution in [2.75, 3.05) is 5.32 Å². The number of piperidine rings is 1. The zero-order chi connectivity index (χ0) is 19.7. The van der Waals surface area contributed by atoms with Crippen molar-refractivity contribution >= 4 is 29.8 Å². The van der Waals surface area contributed by atoms with Gasteiger partial charge in [-0.2, -0.15) is 13.2 Å². The number of fused-ring (bicyclic) bond motifs is 2. The van der Waals surface area contributed by atoms with Crippen molar-refractivity contribution in [1.82, 2.24) is 15.6 Å². The third kappa shape index (κ3) is 5.00. The zero-order valence-corrected chi connectivity index (χ0v) is 16.3. The highest BCUT2D eigenvalue weighted by Crippen LogP contribution is 2.32. The zero-order valence-electron chi connectivity index (χ0n) is 15.5. The maximum absolute atomic E-state index is 12.9. The lowest BCUT2D eigenvalue weighted by Crippen LogP contribution is -2.48. The van der Waals surface area contributed by atoms with Gasteiger partial charge in [0.25, 0.3) is 5.91 Å². The van der Waals surface area contributed by atoms with Crippen molar-refractivity contribution in [2.45, 2.75) is 50.0 Å². The summed E-state index contributed by atoms with van der Waals surface area (Å²) < 4.78 is 38.8. The highest BCUT2D eigenvalue weighted by molar-refractivity contribution is 5.99. The highest BCUT2D eigenvalue weighted by Gasteiger charge is 2.34. The summed E-state index contributed by atoms with van der Waals surface area (Å²) in [7, 11) is 0. The number of aromatic nitrogens is 1. The van der Waals surface area contributed by atoms with E-state index in [1.165, 1.54) is 18.3 Å². The first-order chi connectivity index (χ1) is 13.4. The topological polar surface area (TPSA) is 66.0 Å². The molecule has 3 N–H and O–H groups in total. The number of benzene rings is 1. The van der Waals surface area contributed by atoms with Crippen LogP contribution >= 0.6 is 12.4 Å². The van der Waals surface area contributed by atoms with Gasteiger partial charge in [-0.1, -0.05) is 6.07 Å². The Morgan fingerprint density at radius 3 is 2.52 bits per heavy atom. The molecular formula is C20H22ClF3N4O. The summed E-state index contributed by atoms with van der Waals surface area (Å²) in [5.74, 6) is -0.0369. The fourth-order valence-corrected chi connectivity index (χ4v) is 4.04. The number of nitrogens with zero attached hydrogens (tertiary/aromatic N) is 1. The molecule has 2 unspecified atom stereocenters. The molecule has 2 bridgehead atoms. The van der Waals surface area contributed by atoms with Crippen molar-refractivity contribution in [2.24, 2.45) is 0 Å². The van der Waals surface area contributed by atoms with E-state index in [1.807, 2.05) is 0 Å². The van der Waals surface area contributed by atoms with Gasteiger partial charge in [0, 0.05) is 30.0 Å². The van der Waals surface area contributed by atoms with Crippen LogP contribution < -0.4 is 16.0 Å². The van der Waals surface area contributed by atoms with Crippen molar-refractivity contribution in [1.29, 1.82) is 0 Å². The van der Waals surface area contributed by atoms with E-state index >= 15 is 0 Å². The molecule has 3 heterocycles. The van der Waals surface area contributed by atoms with Gasteiger partial charge < -0.3 is 16.0 Å². The summed E-state index contributed by atoms with van der Waals surface area (Å²) in [4.78, 5) is 16.9. The third-order valence-corrected chi connectivity index (χ3v) is 5.31. The lowest BCUT2D eigenvalue weighted by Gasteiger charge is -2.29. The minimum absolute atomic E-state index is 0. The summed E-state index contributed by atoms with van der Waals surface area (Å²) in [5, 5.41) is 9.43. The number of carbonyl (C=O) groups excluding carboxylic acids is 1. The Morgan fingerprint density at radius 1 is 1.10 bits per heavy atom. The summed E-state index contributed by atoms with van der Waals surface area (Å²) in [6.45, 7) is 0. The molecule has 0 saturated carbocycles. The predicted octanol–water partition coefficient (Wildman–Crippen LogP) is 4.28. The molecule has 9 heteroatoms. The number of amides is 1. The van der Waals surface area contributed by atoms with E-state index in [2.05, 4.69) is 20.9 Å². The molecule has 1 aromatic carbocycles. The normalized spacial score (nSPS) is 23.2. The summed E-state index contributed by atoms with van der Waals surface area (Å²) in [5.41, 5.74) is -0.224. The van der Waals surface area contributed by atoms with Crippen LogP contribution in [-0.4, -0.2) is 29.0 Å². The van der Waals surface area contributed by atoms with Gasteiger partial charge >= 0.3 is 6.18 Å². The molecule has 0 spiro atoms. The van der Waals surface area contributed by atoms with Gasteiger partial charge in [0.15, 0.2) is 0 Å². The predicted molar refractivity (Wildman–Crippen MR) is 107 cm³/mol. The van der Waals surface area contributed by atoms with Gasteiger partial charge in [0.05, 0.1) is 11.1 Å². The quantitative estimate of drug-likeness (QED) is 0.682. The van der Waals surface area contributed by atoms with Crippen LogP contribution in [0.2, 0.25) is 0 Å². The molecule has 2 atom stereocenters. The number of anilines is 2. The molecule has 0 radical (unpaired) electrons. The van der Waals surface area contributed by atoms with E-state index in [9.17, 15) is 18.0 Å². The third-order valence-electron chi connectivity index (χ3n) is 5.31. The average Bonchev–Trinajstić information content (AvgIpc) is 3.00. The first-order valence-electron chi connectivity index (χ1n) is 9.35. The molecule has 4 rings (SSSR count). The van der Waals surface area contributed by atoms with E-state index in [0.717, 1.165) is 37.8 Å². The number of rotatable bonds is 4. The minimum atomic E-state index is -4.43. The van der Waals surface area contributed by atoms with E-state index < -0.39 is 11.7 Å². The smallest absolute Gasteiger partial charge is 0.349 e. The molecule has 2 aliphatic heterocycles. The van der Waals surface area contributed by atoms with Crippen LogP contribution in [0.3, 0.4) is 0 Å². The molecule has 1 aromatic heterocycles. The monoisotopic (exact) mass is 426 g/mol. The Morgan fingerprint density at radius 2 is 1.83 bits per heavy atom. The van der Waals surface area contributed by atoms with Crippen molar-refractivity contribution in [3.63, 3.8) is 0 Å². The second kappa shape index (κ2) is 8.59. The summed E-state index contributed by atoms with van der Waals surface area (Å²) >= 11 is 0. The number of carbonyl (C=O) groups is 1. The van der Waals surface area contributed by atoms with E-state index in [1.54, 1.807) is 12.1 Å². The van der Waals surface area contributed by atoms with Gasteiger partial charge in [-0.3, -0.25) is 4.79 Å². The number of pyridine rings is 1. The Hall–Kier alpha value is -2.32. The maximum atomic E-state index is 12.9. The highest BCUT2D eigenvalue weighted by atomic mass is 35.5. The standard InChI is InChI=1S/C20H21F3N4O.ClH/c21-20(22,23)12-3-1-4-13(9-12)26-18-17(5-2-8-24-18)19(28)27-16-10-14-6-7-15(11-16)25-14;/h1-5,8-9,14-16,25H,6-7,10-11H2,(H,24,26)(H,27,28);1H. The SMILES string of the molecule is Cl.O=C(NC1CC2CCC(C1)N2)c1cccnc1Nc1cccc(C(F)(F)F)c1. The molecule has 2 aromatic rings. The lowest BCUT2D eigenvalue weighted by molar-refractivity contribution is -0.137. The summed E-state index contributed by atoms with van der Waals surface area (Å²) in [6.07, 6.45) is 1.10. The Labute approximate surface area is 172 Å². The van der Waals surface area contributed by atoms with Gasteiger partial charge in [0.1, 0.15) is 5.82 Å². The van der Waals surface area contributed by atoms with Crippen molar-refractivity contribution in [3.05, 3.63) is 53.7 Å². The minimum Gasteiger partial charge on any atom is -0.349 e. The van der Waals surface area contributed by atoms with Crippen LogP contribution in [0.25, 0.3) is 0 Å². The van der Waals surface area contributed by atoms with Crippen LogP contribution in [0.4, 0.5) is 24.7 Å². The molecule has 5 nitrogen and oxygen atoms in total. The largest absolute Gasteiger partial charge is 0.416 e. The second-order valence-electron chi connectivity index (χ2n) is 7.38. The van der Waals surface area contributed by atoms with E-state index in [4.69, 9.17) is 0 Å². The molecule has 156 valence electrons. The van der Waals surface area contributed by atoms with Crippen LogP contribution in [0.15, 0.2) is 42.6 Å². The number of hydrogen-bond donors (Lipinski definition) is 3. The number of nitrogens with one attached hydrogen (secondary N) is 3. The van der Waals surface area contributed by atoms with Crippen molar-refractivity contribution < 1.29 is 18.0 Å². The number of alkyl halides is 3. The second-order valence-corrected chi connectivity index (χ2v) is 7.38. The first kappa shape index (κ1) is 21.4. The Bertz CT molecular complexity index is 865. The average molecular weight is 427 g/mol. The van der Waals surface area contributed by atoms with Crippen LogP contribution in [-0.2, 0) is 6.18 Å². The number of hydrogen-bond acceptors (Lipinski definition) is 4. The molecule has 29 heavy (non-hydrogen) atoms. The van der Waals surface area contributed by atoms with E-state index in [-0.39, 0.29) is 35.9 Å². The number of halogens is 4. The molecule has 0 aliphatic carbocycles. The maximum Gasteiger partial charge on any atom is 0.416 e. The Kier molecular flexibility index (Phi) is 6.33. The molecule has 2 fully saturated rings. The fraction of sp³-hybridized carbons (Fsp3) is 0.400. The fourth-order valence-electron chi connectivity index (χ4n) is 4.04. The van der Waals surface area contributed by atoms with Gasteiger partial charge in [0.2, 0.25) is 0 Å². The molecular weight excluding hydrogens is 405 g/mol. The molecule has 2 saturated heterocycles. The van der Waals surface area contributed by atoms with Crippen LogP contribution in [0.1, 0.15) is 41.6 Å². The lowest BCUT2D eigenvalue weighted by atomic mass is 9.99. The first-order valence-corrected chi connectivity index (χ1v) is 9.35.